The van der Waals surface area contributed by atoms with Gasteiger partial charge in [0.25, 0.3) is 0 Å². The van der Waals surface area contributed by atoms with Gasteiger partial charge in [0.15, 0.2) is 11.5 Å². The molecule has 0 amide bonds. The van der Waals surface area contributed by atoms with Gasteiger partial charge in [0, 0.05) is 25.3 Å². The van der Waals surface area contributed by atoms with Crippen LogP contribution in [0.1, 0.15) is 24.7 Å². The summed E-state index contributed by atoms with van der Waals surface area (Å²) in [4.78, 5) is 6.77. The molecule has 1 aromatic carbocycles. The fourth-order valence-corrected chi connectivity index (χ4v) is 3.41. The van der Waals surface area contributed by atoms with Crippen molar-refractivity contribution >= 4 is 20.9 Å². The molecular weight excluding hydrogens is 288 g/mol. The lowest BCUT2D eigenvalue weighted by Crippen LogP contribution is -2.37. The number of likely N-dealkylation sites (tertiary alicyclic amines) is 1. The molecule has 0 N–H and O–H groups in total. The van der Waals surface area contributed by atoms with Crippen molar-refractivity contribution < 1.29 is 12.8 Å². The summed E-state index contributed by atoms with van der Waals surface area (Å²) in [6.45, 7) is 2.37. The van der Waals surface area contributed by atoms with Gasteiger partial charge in [-0.25, -0.2) is 13.4 Å². The van der Waals surface area contributed by atoms with Crippen LogP contribution in [0.15, 0.2) is 28.7 Å². The number of nitrogens with zero attached hydrogens (tertiary/aromatic N) is 2. The Labute approximate surface area is 124 Å². The van der Waals surface area contributed by atoms with Crippen molar-refractivity contribution in [2.45, 2.75) is 18.8 Å². The summed E-state index contributed by atoms with van der Waals surface area (Å²) < 4.78 is 28.4. The summed E-state index contributed by atoms with van der Waals surface area (Å²) in [5.74, 6) is 1.25. The van der Waals surface area contributed by atoms with Crippen molar-refractivity contribution in [3.63, 3.8) is 0 Å². The number of sulfone groups is 1. The van der Waals surface area contributed by atoms with Crippen LogP contribution in [0, 0.1) is 0 Å². The van der Waals surface area contributed by atoms with E-state index in [-0.39, 0.29) is 11.7 Å². The first-order valence-corrected chi connectivity index (χ1v) is 9.33. The van der Waals surface area contributed by atoms with E-state index in [1.165, 1.54) is 6.26 Å². The lowest BCUT2D eigenvalue weighted by Gasteiger charge is -2.30. The Kier molecular flexibility index (Phi) is 3.99. The molecule has 2 aromatic rings. The molecule has 1 aromatic heterocycles. The van der Waals surface area contributed by atoms with Crippen molar-refractivity contribution in [3.05, 3.63) is 30.2 Å². The van der Waals surface area contributed by atoms with Gasteiger partial charge in [-0.05, 0) is 31.5 Å². The molecule has 1 atom stereocenters. The van der Waals surface area contributed by atoms with Crippen LogP contribution in [-0.2, 0) is 9.84 Å². The molecule has 0 saturated carbocycles. The Morgan fingerprint density at radius 3 is 2.95 bits per heavy atom. The monoisotopic (exact) mass is 308 g/mol. The van der Waals surface area contributed by atoms with Crippen molar-refractivity contribution in [3.8, 4) is 0 Å². The molecule has 5 nitrogen and oxygen atoms in total. The molecule has 114 valence electrons. The van der Waals surface area contributed by atoms with Crippen molar-refractivity contribution in [1.29, 1.82) is 0 Å². The third-order valence-corrected chi connectivity index (χ3v) is 4.87. The quantitative estimate of drug-likeness (QED) is 0.865. The molecule has 0 bridgehead atoms. The number of hydrogen-bond donors (Lipinski definition) is 0. The fraction of sp³-hybridized carbons (Fsp3) is 0.533. The normalized spacial score (nSPS) is 20.9. The Morgan fingerprint density at radius 2 is 2.19 bits per heavy atom. The minimum atomic E-state index is -2.91. The second-order valence-electron chi connectivity index (χ2n) is 5.79. The van der Waals surface area contributed by atoms with E-state index in [9.17, 15) is 8.42 Å². The minimum absolute atomic E-state index is 0.216. The van der Waals surface area contributed by atoms with Gasteiger partial charge in [-0.15, -0.1) is 0 Å². The van der Waals surface area contributed by atoms with E-state index >= 15 is 0 Å². The number of para-hydroxylation sites is 2. The van der Waals surface area contributed by atoms with Crippen LogP contribution in [-0.4, -0.2) is 49.9 Å². The summed E-state index contributed by atoms with van der Waals surface area (Å²) in [6.07, 6.45) is 3.38. The predicted molar refractivity (Wildman–Crippen MR) is 82.1 cm³/mol. The molecule has 0 radical (unpaired) electrons. The van der Waals surface area contributed by atoms with E-state index in [4.69, 9.17) is 4.42 Å². The second-order valence-corrected chi connectivity index (χ2v) is 8.05. The van der Waals surface area contributed by atoms with E-state index in [0.29, 0.717) is 6.54 Å². The van der Waals surface area contributed by atoms with Gasteiger partial charge in [0.2, 0.25) is 0 Å². The Morgan fingerprint density at radius 1 is 1.38 bits per heavy atom. The van der Waals surface area contributed by atoms with Gasteiger partial charge in [-0.3, -0.25) is 0 Å². The highest BCUT2D eigenvalue weighted by molar-refractivity contribution is 7.90. The van der Waals surface area contributed by atoms with Gasteiger partial charge in [-0.2, -0.15) is 0 Å². The standard InChI is InChI=1S/C15H20N2O3S/c1-21(18,19)10-9-17-8-4-5-12(11-17)15-16-13-6-2-3-7-14(13)20-15/h2-3,6-7,12H,4-5,8-11H2,1H3. The maximum atomic E-state index is 11.3. The molecule has 0 spiro atoms. The largest absolute Gasteiger partial charge is 0.440 e. The molecule has 6 heteroatoms. The first-order chi connectivity index (χ1) is 10.0. The third kappa shape index (κ3) is 3.63. The highest BCUT2D eigenvalue weighted by Gasteiger charge is 2.25. The number of benzene rings is 1. The number of fused-ring (bicyclic) bond motifs is 1. The first kappa shape index (κ1) is 14.5. The van der Waals surface area contributed by atoms with Gasteiger partial charge in [0.1, 0.15) is 15.4 Å². The summed E-state index contributed by atoms with van der Waals surface area (Å²) in [7, 11) is -2.91. The number of piperidine rings is 1. The molecule has 1 aliphatic heterocycles. The van der Waals surface area contributed by atoms with Crippen molar-refractivity contribution in [1.82, 2.24) is 9.88 Å². The highest BCUT2D eigenvalue weighted by atomic mass is 32.2. The number of aromatic nitrogens is 1. The molecule has 1 aliphatic rings. The maximum Gasteiger partial charge on any atom is 0.199 e. The third-order valence-electron chi connectivity index (χ3n) is 3.94. The van der Waals surface area contributed by atoms with E-state index in [0.717, 1.165) is 42.9 Å². The van der Waals surface area contributed by atoms with Gasteiger partial charge in [-0.1, -0.05) is 12.1 Å². The molecular formula is C15H20N2O3S. The molecule has 2 heterocycles. The van der Waals surface area contributed by atoms with Crippen LogP contribution in [0.2, 0.25) is 0 Å². The lowest BCUT2D eigenvalue weighted by atomic mass is 9.98. The molecule has 21 heavy (non-hydrogen) atoms. The average molecular weight is 308 g/mol. The summed E-state index contributed by atoms with van der Waals surface area (Å²) in [6, 6.07) is 7.77. The average Bonchev–Trinajstić information content (AvgIpc) is 2.89. The maximum absolute atomic E-state index is 11.3. The number of oxazole rings is 1. The van der Waals surface area contributed by atoms with Crippen molar-refractivity contribution in [2.75, 3.05) is 31.6 Å². The SMILES string of the molecule is CS(=O)(=O)CCN1CCCC(c2nc3ccccc3o2)C1. The summed E-state index contributed by atoms with van der Waals surface area (Å²) >= 11 is 0. The zero-order valence-electron chi connectivity index (χ0n) is 12.2. The Bertz CT molecular complexity index is 690. The molecule has 1 unspecified atom stereocenters. The van der Waals surface area contributed by atoms with E-state index in [1.54, 1.807) is 0 Å². The van der Waals surface area contributed by atoms with Crippen LogP contribution in [0.25, 0.3) is 11.1 Å². The van der Waals surface area contributed by atoms with E-state index in [2.05, 4.69) is 9.88 Å². The number of rotatable bonds is 4. The minimum Gasteiger partial charge on any atom is -0.440 e. The Balaban J connectivity index is 1.70. The zero-order chi connectivity index (χ0) is 14.9. The molecule has 3 rings (SSSR count). The lowest BCUT2D eigenvalue weighted by molar-refractivity contribution is 0.204. The Hall–Kier alpha value is -1.40. The van der Waals surface area contributed by atoms with Crippen LogP contribution in [0.4, 0.5) is 0 Å². The van der Waals surface area contributed by atoms with Crippen molar-refractivity contribution in [2.24, 2.45) is 0 Å². The smallest absolute Gasteiger partial charge is 0.199 e. The van der Waals surface area contributed by atoms with E-state index < -0.39 is 9.84 Å². The van der Waals surface area contributed by atoms with E-state index in [1.807, 2.05) is 24.3 Å². The van der Waals surface area contributed by atoms with Crippen LogP contribution < -0.4 is 0 Å². The first-order valence-electron chi connectivity index (χ1n) is 7.27. The zero-order valence-corrected chi connectivity index (χ0v) is 13.0. The van der Waals surface area contributed by atoms with Crippen LogP contribution >= 0.6 is 0 Å². The van der Waals surface area contributed by atoms with Gasteiger partial charge in [0.05, 0.1) is 5.75 Å². The summed E-state index contributed by atoms with van der Waals surface area (Å²) in [5, 5.41) is 0. The van der Waals surface area contributed by atoms with Crippen LogP contribution in [0.3, 0.4) is 0 Å². The number of hydrogen-bond acceptors (Lipinski definition) is 5. The van der Waals surface area contributed by atoms with Crippen LogP contribution in [0.5, 0.6) is 0 Å². The van der Waals surface area contributed by atoms with Gasteiger partial charge >= 0.3 is 0 Å². The molecule has 0 aliphatic carbocycles. The molecule has 1 fully saturated rings. The predicted octanol–water partition coefficient (Wildman–Crippen LogP) is 2.05. The topological polar surface area (TPSA) is 63.4 Å². The fourth-order valence-electron chi connectivity index (χ4n) is 2.82. The molecule has 1 saturated heterocycles. The highest BCUT2D eigenvalue weighted by Crippen LogP contribution is 2.28. The second kappa shape index (κ2) is 5.77. The van der Waals surface area contributed by atoms with Gasteiger partial charge < -0.3 is 9.32 Å². The summed E-state index contributed by atoms with van der Waals surface area (Å²) in [5.41, 5.74) is 1.71.